The first-order valence-corrected chi connectivity index (χ1v) is 8.13. The molecule has 5 rings (SSSR count). The lowest BCUT2D eigenvalue weighted by molar-refractivity contribution is 0.0997. The van der Waals surface area contributed by atoms with Crippen molar-refractivity contribution >= 4 is 27.9 Å². The summed E-state index contributed by atoms with van der Waals surface area (Å²) in [6, 6.07) is 15.5. The van der Waals surface area contributed by atoms with E-state index in [1.165, 1.54) is 0 Å². The molecular formula is C19H15N3O3. The smallest absolute Gasteiger partial charge is 0.196 e. The highest BCUT2D eigenvalue weighted by Crippen LogP contribution is 2.32. The molecule has 1 aliphatic heterocycles. The fourth-order valence-electron chi connectivity index (χ4n) is 3.02. The first-order chi connectivity index (χ1) is 12.4. The number of furan rings is 1. The van der Waals surface area contributed by atoms with Crippen molar-refractivity contribution in [3.63, 3.8) is 0 Å². The molecule has 0 unspecified atom stereocenters. The Morgan fingerprint density at radius 1 is 1.00 bits per heavy atom. The molecule has 1 aliphatic rings. The van der Waals surface area contributed by atoms with Crippen molar-refractivity contribution in [2.45, 2.75) is 6.10 Å². The number of nitrogens with one attached hydrogen (secondary N) is 1. The molecule has 4 aromatic rings. The van der Waals surface area contributed by atoms with Gasteiger partial charge in [0.05, 0.1) is 6.54 Å². The molecule has 1 N–H and O–H groups in total. The van der Waals surface area contributed by atoms with E-state index in [-0.39, 0.29) is 6.10 Å². The van der Waals surface area contributed by atoms with Crippen LogP contribution in [0.25, 0.3) is 22.1 Å². The van der Waals surface area contributed by atoms with Crippen LogP contribution in [0.5, 0.6) is 11.5 Å². The zero-order chi connectivity index (χ0) is 16.6. The van der Waals surface area contributed by atoms with Gasteiger partial charge < -0.3 is 19.2 Å². The van der Waals surface area contributed by atoms with Gasteiger partial charge in [0.1, 0.15) is 30.1 Å². The number of fused-ring (bicyclic) bond motifs is 4. The highest BCUT2D eigenvalue weighted by Gasteiger charge is 2.21. The zero-order valence-corrected chi connectivity index (χ0v) is 13.3. The van der Waals surface area contributed by atoms with E-state index in [1.807, 2.05) is 48.5 Å². The largest absolute Gasteiger partial charge is 0.486 e. The summed E-state index contributed by atoms with van der Waals surface area (Å²) in [5, 5.41) is 4.28. The maximum Gasteiger partial charge on any atom is 0.196 e. The highest BCUT2D eigenvalue weighted by atomic mass is 16.6. The van der Waals surface area contributed by atoms with Gasteiger partial charge >= 0.3 is 0 Å². The number of nitrogens with zero attached hydrogens (tertiary/aromatic N) is 2. The van der Waals surface area contributed by atoms with Crippen LogP contribution in [0.3, 0.4) is 0 Å². The van der Waals surface area contributed by atoms with Crippen molar-refractivity contribution in [2.75, 3.05) is 18.5 Å². The molecule has 0 aliphatic carbocycles. The number of aromatic nitrogens is 2. The van der Waals surface area contributed by atoms with Gasteiger partial charge in [-0.2, -0.15) is 0 Å². The Labute approximate surface area is 143 Å². The molecule has 0 amide bonds. The van der Waals surface area contributed by atoms with E-state index < -0.39 is 0 Å². The van der Waals surface area contributed by atoms with E-state index in [1.54, 1.807) is 6.33 Å². The molecule has 124 valence electrons. The van der Waals surface area contributed by atoms with Gasteiger partial charge in [0.2, 0.25) is 0 Å². The molecular weight excluding hydrogens is 318 g/mol. The summed E-state index contributed by atoms with van der Waals surface area (Å²) in [6.45, 7) is 1.04. The molecule has 0 radical (unpaired) electrons. The highest BCUT2D eigenvalue weighted by molar-refractivity contribution is 6.05. The zero-order valence-electron chi connectivity index (χ0n) is 13.3. The fraction of sp³-hybridized carbons (Fsp3) is 0.158. The Morgan fingerprint density at radius 3 is 2.80 bits per heavy atom. The second-order valence-electron chi connectivity index (χ2n) is 5.88. The lowest BCUT2D eigenvalue weighted by Crippen LogP contribution is -2.35. The molecule has 3 heterocycles. The SMILES string of the molecule is c1ccc2c(c1)OC[C@@H](CNc1ncnc3c1oc1ccccc13)O2. The third-order valence-corrected chi connectivity index (χ3v) is 4.22. The van der Waals surface area contributed by atoms with Gasteiger partial charge in [-0.3, -0.25) is 0 Å². The lowest BCUT2D eigenvalue weighted by Gasteiger charge is -2.26. The topological polar surface area (TPSA) is 69.4 Å². The van der Waals surface area contributed by atoms with Crippen LogP contribution in [0.2, 0.25) is 0 Å². The summed E-state index contributed by atoms with van der Waals surface area (Å²) in [6.07, 6.45) is 1.43. The van der Waals surface area contributed by atoms with Gasteiger partial charge in [0, 0.05) is 5.39 Å². The van der Waals surface area contributed by atoms with Crippen molar-refractivity contribution in [2.24, 2.45) is 0 Å². The minimum absolute atomic E-state index is 0.107. The van der Waals surface area contributed by atoms with E-state index in [0.717, 1.165) is 28.0 Å². The van der Waals surface area contributed by atoms with Crippen molar-refractivity contribution in [1.29, 1.82) is 0 Å². The number of para-hydroxylation sites is 3. The van der Waals surface area contributed by atoms with Gasteiger partial charge in [-0.25, -0.2) is 9.97 Å². The van der Waals surface area contributed by atoms with Crippen LogP contribution in [0.1, 0.15) is 0 Å². The molecule has 2 aromatic heterocycles. The van der Waals surface area contributed by atoms with E-state index >= 15 is 0 Å². The van der Waals surface area contributed by atoms with Gasteiger partial charge in [0.25, 0.3) is 0 Å². The first kappa shape index (κ1) is 14.1. The number of hydrogen-bond donors (Lipinski definition) is 1. The normalized spacial score (nSPS) is 16.2. The Hall–Kier alpha value is -3.28. The third-order valence-electron chi connectivity index (χ3n) is 4.22. The maximum atomic E-state index is 5.96. The first-order valence-electron chi connectivity index (χ1n) is 8.13. The second kappa shape index (κ2) is 5.66. The van der Waals surface area contributed by atoms with Crippen LogP contribution in [0.15, 0.2) is 59.3 Å². The second-order valence-corrected chi connectivity index (χ2v) is 5.88. The van der Waals surface area contributed by atoms with Crippen LogP contribution in [0, 0.1) is 0 Å². The molecule has 0 fully saturated rings. The molecule has 0 spiro atoms. The van der Waals surface area contributed by atoms with Crippen LogP contribution in [-0.4, -0.2) is 29.2 Å². The van der Waals surface area contributed by atoms with Crippen molar-refractivity contribution in [3.05, 3.63) is 54.9 Å². The number of ether oxygens (including phenoxy) is 2. The summed E-state index contributed by atoms with van der Waals surface area (Å²) in [5.41, 5.74) is 2.26. The molecule has 1 atom stereocenters. The quantitative estimate of drug-likeness (QED) is 0.617. The molecule has 2 aromatic carbocycles. The van der Waals surface area contributed by atoms with Gasteiger partial charge in [-0.15, -0.1) is 0 Å². The molecule has 0 saturated carbocycles. The Morgan fingerprint density at radius 2 is 1.84 bits per heavy atom. The van der Waals surface area contributed by atoms with E-state index in [0.29, 0.717) is 24.6 Å². The fourth-order valence-corrected chi connectivity index (χ4v) is 3.02. The van der Waals surface area contributed by atoms with Crippen molar-refractivity contribution in [1.82, 2.24) is 9.97 Å². The predicted octanol–water partition coefficient (Wildman–Crippen LogP) is 3.63. The van der Waals surface area contributed by atoms with Crippen molar-refractivity contribution in [3.8, 4) is 11.5 Å². The lowest BCUT2D eigenvalue weighted by atomic mass is 10.2. The molecule has 0 saturated heterocycles. The standard InChI is InChI=1S/C19H15N3O3/c1-2-6-14-13(5-1)17-18(25-14)19(22-11-21-17)20-9-12-10-23-15-7-3-4-8-16(15)24-12/h1-8,11-12H,9-10H2,(H,20,21,22)/t12-/m1/s1. The molecule has 6 nitrogen and oxygen atoms in total. The van der Waals surface area contributed by atoms with Crippen LogP contribution < -0.4 is 14.8 Å². The minimum atomic E-state index is -0.107. The summed E-state index contributed by atoms with van der Waals surface area (Å²) in [4.78, 5) is 8.67. The minimum Gasteiger partial charge on any atom is -0.486 e. The summed E-state index contributed by atoms with van der Waals surface area (Å²) < 4.78 is 17.6. The average Bonchev–Trinajstić information content (AvgIpc) is 3.05. The number of anilines is 1. The Bertz CT molecular complexity index is 1060. The van der Waals surface area contributed by atoms with Gasteiger partial charge in [0.15, 0.2) is 22.9 Å². The number of hydrogen-bond acceptors (Lipinski definition) is 6. The Balaban J connectivity index is 1.40. The van der Waals surface area contributed by atoms with Crippen LogP contribution in [-0.2, 0) is 0 Å². The number of benzene rings is 2. The van der Waals surface area contributed by atoms with Crippen LogP contribution >= 0.6 is 0 Å². The van der Waals surface area contributed by atoms with Gasteiger partial charge in [-0.05, 0) is 24.3 Å². The monoisotopic (exact) mass is 333 g/mol. The maximum absolute atomic E-state index is 5.96. The summed E-state index contributed by atoms with van der Waals surface area (Å²) in [5.74, 6) is 2.20. The summed E-state index contributed by atoms with van der Waals surface area (Å²) in [7, 11) is 0. The van der Waals surface area contributed by atoms with E-state index in [2.05, 4.69) is 15.3 Å². The van der Waals surface area contributed by atoms with E-state index in [4.69, 9.17) is 13.9 Å². The van der Waals surface area contributed by atoms with E-state index in [9.17, 15) is 0 Å². The van der Waals surface area contributed by atoms with Crippen molar-refractivity contribution < 1.29 is 13.9 Å². The molecule has 6 heteroatoms. The average molecular weight is 333 g/mol. The summed E-state index contributed by atoms with van der Waals surface area (Å²) >= 11 is 0. The van der Waals surface area contributed by atoms with Crippen LogP contribution in [0.4, 0.5) is 5.82 Å². The number of rotatable bonds is 3. The van der Waals surface area contributed by atoms with Gasteiger partial charge in [-0.1, -0.05) is 24.3 Å². The molecule has 0 bridgehead atoms. The molecule has 25 heavy (non-hydrogen) atoms. The third kappa shape index (κ3) is 2.42. The Kier molecular flexibility index (Phi) is 3.19. The predicted molar refractivity (Wildman–Crippen MR) is 94.2 cm³/mol.